The highest BCUT2D eigenvalue weighted by Gasteiger charge is 2.69. The molecule has 1 aliphatic heterocycles. The summed E-state index contributed by atoms with van der Waals surface area (Å²) in [4.78, 5) is 38.1. The molecule has 1 spiro atoms. The van der Waals surface area contributed by atoms with Crippen molar-refractivity contribution >= 4 is 17.9 Å². The molecule has 30 heavy (non-hydrogen) atoms. The molecule has 2 fully saturated rings. The third-order valence-corrected chi connectivity index (χ3v) is 7.63. The van der Waals surface area contributed by atoms with E-state index in [1.54, 1.807) is 12.5 Å². The van der Waals surface area contributed by atoms with E-state index in [1.807, 2.05) is 26.0 Å². The summed E-state index contributed by atoms with van der Waals surface area (Å²) in [5.74, 6) is -1.39. The van der Waals surface area contributed by atoms with Gasteiger partial charge in [0.15, 0.2) is 0 Å². The minimum absolute atomic E-state index is 0.0821. The topological polar surface area (TPSA) is 92.0 Å². The zero-order valence-corrected chi connectivity index (χ0v) is 17.8. The largest absolute Gasteiger partial charge is 0.472 e. The first-order valence-corrected chi connectivity index (χ1v) is 10.4. The number of hydrogen-bond acceptors (Lipinski definition) is 7. The molecule has 4 rings (SSSR count). The monoisotopic (exact) mass is 416 g/mol. The number of fused-ring (bicyclic) bond motifs is 2. The average molecular weight is 416 g/mol. The highest BCUT2D eigenvalue weighted by Crippen LogP contribution is 2.66. The van der Waals surface area contributed by atoms with E-state index in [2.05, 4.69) is 0 Å². The number of furan rings is 1. The molecule has 2 aliphatic carbocycles. The second-order valence-corrected chi connectivity index (χ2v) is 8.95. The van der Waals surface area contributed by atoms with Gasteiger partial charge in [-0.15, -0.1) is 0 Å². The molecule has 1 aromatic heterocycles. The summed E-state index contributed by atoms with van der Waals surface area (Å²) in [7, 11) is 1.34. The molecule has 3 aliphatic rings. The van der Waals surface area contributed by atoms with Crippen LogP contribution in [0.5, 0.6) is 0 Å². The predicted molar refractivity (Wildman–Crippen MR) is 105 cm³/mol. The number of esters is 3. The number of ether oxygens (including phenoxy) is 3. The minimum atomic E-state index is -0.839. The zero-order chi connectivity index (χ0) is 21.7. The van der Waals surface area contributed by atoms with E-state index in [4.69, 9.17) is 18.6 Å². The van der Waals surface area contributed by atoms with Gasteiger partial charge in [-0.05, 0) is 37.2 Å². The van der Waals surface area contributed by atoms with Crippen molar-refractivity contribution in [1.82, 2.24) is 0 Å². The second-order valence-electron chi connectivity index (χ2n) is 8.95. The number of carbonyl (C=O) groups is 3. The normalized spacial score (nSPS) is 37.9. The molecule has 2 heterocycles. The molecule has 0 N–H and O–H groups in total. The van der Waals surface area contributed by atoms with Gasteiger partial charge in [0, 0.05) is 29.9 Å². The van der Waals surface area contributed by atoms with Gasteiger partial charge < -0.3 is 18.6 Å². The molecule has 0 radical (unpaired) electrons. The molecule has 0 amide bonds. The van der Waals surface area contributed by atoms with Gasteiger partial charge in [0.05, 0.1) is 25.1 Å². The summed E-state index contributed by atoms with van der Waals surface area (Å²) < 4.78 is 21.9. The van der Waals surface area contributed by atoms with Gasteiger partial charge in [-0.2, -0.15) is 0 Å². The maximum Gasteiger partial charge on any atom is 0.334 e. The quantitative estimate of drug-likeness (QED) is 0.547. The summed E-state index contributed by atoms with van der Waals surface area (Å²) in [6.07, 6.45) is 6.46. The van der Waals surface area contributed by atoms with E-state index in [0.29, 0.717) is 31.3 Å². The third-order valence-electron chi connectivity index (χ3n) is 7.63. The molecule has 1 saturated heterocycles. The van der Waals surface area contributed by atoms with Crippen molar-refractivity contribution in [3.05, 3.63) is 35.8 Å². The van der Waals surface area contributed by atoms with Crippen LogP contribution < -0.4 is 0 Å². The lowest BCUT2D eigenvalue weighted by Crippen LogP contribution is -2.61. The van der Waals surface area contributed by atoms with Crippen LogP contribution in [0.3, 0.4) is 0 Å². The minimum Gasteiger partial charge on any atom is -0.472 e. The first-order chi connectivity index (χ1) is 14.2. The average Bonchev–Trinajstić information content (AvgIpc) is 3.34. The Balaban J connectivity index is 1.81. The summed E-state index contributed by atoms with van der Waals surface area (Å²) in [6, 6.07) is 1.81. The number of rotatable bonds is 3. The third kappa shape index (κ3) is 2.81. The van der Waals surface area contributed by atoms with E-state index in [9.17, 15) is 14.4 Å². The Bertz CT molecular complexity index is 885. The maximum absolute atomic E-state index is 13.4. The maximum atomic E-state index is 13.4. The van der Waals surface area contributed by atoms with Crippen LogP contribution in [-0.2, 0) is 28.6 Å². The summed E-state index contributed by atoms with van der Waals surface area (Å²) in [6.45, 7) is 5.32. The van der Waals surface area contributed by atoms with Crippen LogP contribution in [0.4, 0.5) is 0 Å². The van der Waals surface area contributed by atoms with Crippen LogP contribution in [-0.4, -0.2) is 31.1 Å². The fourth-order valence-electron chi connectivity index (χ4n) is 6.20. The standard InChI is InChI=1S/C23H28O7/c1-13-10-19(29-14(2)24)22(3)16(20(25)27-4)6-5-7-18(22)23(13)11-17(30-21(23)26)15-8-9-28-12-15/h6,8-9,12-13,17-19H,5,7,10-11H2,1-4H3/t13-,17+,18-,19+,22+,23+/m0/s1. The first-order valence-electron chi connectivity index (χ1n) is 10.4. The highest BCUT2D eigenvalue weighted by atomic mass is 16.6. The summed E-state index contributed by atoms with van der Waals surface area (Å²) in [5.41, 5.74) is -0.302. The summed E-state index contributed by atoms with van der Waals surface area (Å²) in [5, 5.41) is 0. The number of methoxy groups -OCH3 is 1. The number of hydrogen-bond donors (Lipinski definition) is 0. The van der Waals surface area contributed by atoms with Crippen molar-refractivity contribution in [2.75, 3.05) is 7.11 Å². The van der Waals surface area contributed by atoms with Crippen LogP contribution in [0.25, 0.3) is 0 Å². The Kier molecular flexibility index (Phi) is 5.03. The Morgan fingerprint density at radius 3 is 2.70 bits per heavy atom. The van der Waals surface area contributed by atoms with Crippen molar-refractivity contribution in [2.24, 2.45) is 22.7 Å². The lowest BCUT2D eigenvalue weighted by atomic mass is 9.45. The van der Waals surface area contributed by atoms with Crippen molar-refractivity contribution in [1.29, 1.82) is 0 Å². The van der Waals surface area contributed by atoms with Gasteiger partial charge in [-0.3, -0.25) is 9.59 Å². The molecule has 0 bridgehead atoms. The van der Waals surface area contributed by atoms with E-state index in [1.165, 1.54) is 14.0 Å². The second kappa shape index (κ2) is 7.29. The van der Waals surface area contributed by atoms with Gasteiger partial charge in [0.2, 0.25) is 0 Å². The zero-order valence-electron chi connectivity index (χ0n) is 17.8. The van der Waals surface area contributed by atoms with E-state index in [-0.39, 0.29) is 23.9 Å². The SMILES string of the molecule is COC(=O)C1=CCC[C@H]2[C@]1(C)[C@H](OC(C)=O)C[C@H](C)[C@]21C[C@H](c2ccoc2)OC1=O. The fraction of sp³-hybridized carbons (Fsp3) is 0.609. The van der Waals surface area contributed by atoms with Gasteiger partial charge in [-0.25, -0.2) is 4.79 Å². The van der Waals surface area contributed by atoms with E-state index < -0.39 is 28.9 Å². The van der Waals surface area contributed by atoms with Crippen LogP contribution in [0, 0.1) is 22.7 Å². The molecular weight excluding hydrogens is 388 g/mol. The van der Waals surface area contributed by atoms with Gasteiger partial charge >= 0.3 is 17.9 Å². The van der Waals surface area contributed by atoms with E-state index in [0.717, 1.165) is 5.56 Å². The molecule has 7 heteroatoms. The first kappa shape index (κ1) is 20.7. The fourth-order valence-corrected chi connectivity index (χ4v) is 6.20. The molecule has 6 atom stereocenters. The Morgan fingerprint density at radius 2 is 2.07 bits per heavy atom. The van der Waals surface area contributed by atoms with E-state index >= 15 is 0 Å². The number of cyclic esters (lactones) is 1. The Labute approximate surface area is 175 Å². The van der Waals surface area contributed by atoms with Crippen molar-refractivity contribution in [3.8, 4) is 0 Å². The smallest absolute Gasteiger partial charge is 0.334 e. The predicted octanol–water partition coefficient (Wildman–Crippen LogP) is 3.74. The van der Waals surface area contributed by atoms with Crippen LogP contribution in [0.15, 0.2) is 34.7 Å². The Morgan fingerprint density at radius 1 is 1.30 bits per heavy atom. The lowest BCUT2D eigenvalue weighted by molar-refractivity contribution is -0.186. The molecule has 1 aromatic rings. The highest BCUT2D eigenvalue weighted by molar-refractivity contribution is 5.91. The molecule has 0 unspecified atom stereocenters. The van der Waals surface area contributed by atoms with Crippen LogP contribution >= 0.6 is 0 Å². The van der Waals surface area contributed by atoms with Crippen molar-refractivity contribution < 1.29 is 33.0 Å². The molecule has 7 nitrogen and oxygen atoms in total. The van der Waals surface area contributed by atoms with Gasteiger partial charge in [-0.1, -0.05) is 19.9 Å². The van der Waals surface area contributed by atoms with Gasteiger partial charge in [0.25, 0.3) is 0 Å². The van der Waals surface area contributed by atoms with Crippen LogP contribution in [0.1, 0.15) is 58.1 Å². The van der Waals surface area contributed by atoms with Gasteiger partial charge in [0.1, 0.15) is 12.2 Å². The van der Waals surface area contributed by atoms with Crippen LogP contribution in [0.2, 0.25) is 0 Å². The molecule has 0 aromatic carbocycles. The molecule has 162 valence electrons. The summed E-state index contributed by atoms with van der Waals surface area (Å²) >= 11 is 0. The molecular formula is C23H28O7. The Hall–Kier alpha value is -2.57. The lowest BCUT2D eigenvalue weighted by Gasteiger charge is -2.58. The van der Waals surface area contributed by atoms with Crippen molar-refractivity contribution in [2.45, 2.75) is 58.7 Å². The number of carbonyl (C=O) groups excluding carboxylic acids is 3. The molecule has 1 saturated carbocycles. The van der Waals surface area contributed by atoms with Crippen molar-refractivity contribution in [3.63, 3.8) is 0 Å². The number of allylic oxidation sites excluding steroid dienone is 1.